The number of imidazole rings is 1. The summed E-state index contributed by atoms with van der Waals surface area (Å²) >= 11 is 1.42. The molecule has 0 radical (unpaired) electrons. The predicted molar refractivity (Wildman–Crippen MR) is 143 cm³/mol. The molecule has 4 unspecified atom stereocenters. The number of nitrogens with two attached hydrogens (primary N) is 3. The van der Waals surface area contributed by atoms with Gasteiger partial charge in [0.1, 0.15) is 18.1 Å². The van der Waals surface area contributed by atoms with Gasteiger partial charge in [0.15, 0.2) is 5.96 Å². The van der Waals surface area contributed by atoms with Crippen molar-refractivity contribution in [2.45, 2.75) is 62.7 Å². The standard InChI is InChI=1S/C22H37N9O7S/c1-39-8-6-15(29-18(34)13(23)4-5-17(32)33)20(36)30-14(3-2-7-27-22(24)25)19(35)31-16(21(37)38)9-12-10-26-11-28-12/h10-11,13-16H,2-9,23H2,1H3,(H,26,28)(H,29,34)(H,30,36)(H,31,35)(H,32,33)(H,37,38)(H4,24,25,27). The van der Waals surface area contributed by atoms with E-state index in [9.17, 15) is 29.1 Å². The lowest BCUT2D eigenvalue weighted by Crippen LogP contribution is -2.57. The van der Waals surface area contributed by atoms with Crippen molar-refractivity contribution in [1.82, 2.24) is 25.9 Å². The van der Waals surface area contributed by atoms with Crippen LogP contribution in [0.5, 0.6) is 0 Å². The molecule has 3 amide bonds. The number of carboxylic acid groups (broad SMARTS) is 2. The van der Waals surface area contributed by atoms with Crippen LogP contribution in [-0.2, 0) is 30.4 Å². The van der Waals surface area contributed by atoms with Crippen LogP contribution in [0.3, 0.4) is 0 Å². The first kappa shape index (κ1) is 33.2. The molecule has 1 heterocycles. The molecular formula is C22H37N9O7S. The number of nitrogens with zero attached hydrogens (tertiary/aromatic N) is 2. The number of hydrogen-bond acceptors (Lipinski definition) is 9. The number of aliphatic carboxylic acids is 2. The van der Waals surface area contributed by atoms with Crippen molar-refractivity contribution >= 4 is 47.4 Å². The normalized spacial score (nSPS) is 13.8. The van der Waals surface area contributed by atoms with E-state index in [1.54, 1.807) is 6.26 Å². The summed E-state index contributed by atoms with van der Waals surface area (Å²) in [6.07, 6.45) is 4.62. The summed E-state index contributed by atoms with van der Waals surface area (Å²) < 4.78 is 0. The van der Waals surface area contributed by atoms with Crippen LogP contribution in [-0.4, -0.2) is 98.5 Å². The number of aromatic nitrogens is 2. The maximum absolute atomic E-state index is 13.2. The molecule has 0 saturated heterocycles. The Morgan fingerprint density at radius 3 is 2.15 bits per heavy atom. The average Bonchev–Trinajstić information content (AvgIpc) is 3.38. The van der Waals surface area contributed by atoms with Gasteiger partial charge < -0.3 is 48.3 Å². The number of amides is 3. The van der Waals surface area contributed by atoms with Gasteiger partial charge >= 0.3 is 11.9 Å². The number of carbonyl (C=O) groups excluding carboxylic acids is 3. The van der Waals surface area contributed by atoms with Gasteiger partial charge in [-0.05, 0) is 37.7 Å². The second-order valence-electron chi connectivity index (χ2n) is 8.57. The molecule has 16 nitrogen and oxygen atoms in total. The molecule has 218 valence electrons. The highest BCUT2D eigenvalue weighted by molar-refractivity contribution is 7.98. The van der Waals surface area contributed by atoms with E-state index in [1.807, 2.05) is 0 Å². The van der Waals surface area contributed by atoms with Gasteiger partial charge in [0.25, 0.3) is 0 Å². The maximum Gasteiger partial charge on any atom is 0.326 e. The molecule has 0 aliphatic rings. The lowest BCUT2D eigenvalue weighted by Gasteiger charge is -2.25. The van der Waals surface area contributed by atoms with E-state index >= 15 is 0 Å². The summed E-state index contributed by atoms with van der Waals surface area (Å²) in [5.74, 6) is -4.23. The first-order valence-electron chi connectivity index (χ1n) is 12.1. The molecule has 1 rings (SSSR count). The van der Waals surface area contributed by atoms with Crippen LogP contribution >= 0.6 is 11.8 Å². The molecule has 4 atom stereocenters. The van der Waals surface area contributed by atoms with Crippen molar-refractivity contribution in [3.8, 4) is 0 Å². The number of aliphatic imine (C=N–C) groups is 1. The van der Waals surface area contributed by atoms with Gasteiger partial charge in [-0.1, -0.05) is 0 Å². The van der Waals surface area contributed by atoms with Crippen molar-refractivity contribution in [3.05, 3.63) is 18.2 Å². The van der Waals surface area contributed by atoms with Gasteiger partial charge in [-0.3, -0.25) is 24.2 Å². The first-order chi connectivity index (χ1) is 18.4. The Balaban J connectivity index is 3.01. The van der Waals surface area contributed by atoms with Crippen LogP contribution in [0.1, 0.15) is 37.8 Å². The molecule has 0 aliphatic carbocycles. The van der Waals surface area contributed by atoms with Crippen molar-refractivity contribution in [2.24, 2.45) is 22.2 Å². The molecular weight excluding hydrogens is 534 g/mol. The van der Waals surface area contributed by atoms with E-state index < -0.39 is 53.8 Å². The Morgan fingerprint density at radius 1 is 1.00 bits per heavy atom. The van der Waals surface area contributed by atoms with E-state index in [-0.39, 0.29) is 51.0 Å². The summed E-state index contributed by atoms with van der Waals surface area (Å²) in [5, 5.41) is 25.9. The van der Waals surface area contributed by atoms with Crippen LogP contribution in [0.2, 0.25) is 0 Å². The topological polar surface area (TPSA) is 281 Å². The number of nitrogens with one attached hydrogen (secondary N) is 4. The average molecular weight is 572 g/mol. The van der Waals surface area contributed by atoms with Crippen LogP contribution in [0.15, 0.2) is 17.5 Å². The SMILES string of the molecule is CSCCC(NC(=O)C(N)CCC(=O)O)C(=O)NC(CCCN=C(N)N)C(=O)NC(Cc1cnc[nH]1)C(=O)O. The Labute approximate surface area is 229 Å². The zero-order valence-corrected chi connectivity index (χ0v) is 22.4. The monoisotopic (exact) mass is 571 g/mol. The molecule has 0 aliphatic heterocycles. The maximum atomic E-state index is 13.2. The Morgan fingerprint density at radius 2 is 1.62 bits per heavy atom. The minimum atomic E-state index is -1.31. The van der Waals surface area contributed by atoms with E-state index in [4.69, 9.17) is 22.3 Å². The number of thioether (sulfide) groups is 1. The molecule has 0 fully saturated rings. The quantitative estimate of drug-likeness (QED) is 0.0473. The third kappa shape index (κ3) is 13.5. The summed E-state index contributed by atoms with van der Waals surface area (Å²) in [7, 11) is 0. The lowest BCUT2D eigenvalue weighted by atomic mass is 10.1. The third-order valence-electron chi connectivity index (χ3n) is 5.42. The van der Waals surface area contributed by atoms with Gasteiger partial charge in [-0.2, -0.15) is 11.8 Å². The molecule has 12 N–H and O–H groups in total. The van der Waals surface area contributed by atoms with E-state index in [1.165, 1.54) is 24.3 Å². The molecule has 17 heteroatoms. The van der Waals surface area contributed by atoms with Gasteiger partial charge in [0, 0.05) is 31.3 Å². The highest BCUT2D eigenvalue weighted by Crippen LogP contribution is 2.07. The van der Waals surface area contributed by atoms with Crippen LogP contribution in [0.25, 0.3) is 0 Å². The van der Waals surface area contributed by atoms with Gasteiger partial charge in [0.2, 0.25) is 17.7 Å². The number of carboxylic acids is 2. The van der Waals surface area contributed by atoms with Crippen LogP contribution < -0.4 is 33.2 Å². The summed E-state index contributed by atoms with van der Waals surface area (Å²) in [6.45, 7) is 0.156. The highest BCUT2D eigenvalue weighted by atomic mass is 32.2. The van der Waals surface area contributed by atoms with Crippen molar-refractivity contribution in [2.75, 3.05) is 18.6 Å². The largest absolute Gasteiger partial charge is 0.481 e. The minimum Gasteiger partial charge on any atom is -0.481 e. The minimum absolute atomic E-state index is 0.0616. The van der Waals surface area contributed by atoms with Gasteiger partial charge in [0.05, 0.1) is 12.4 Å². The summed E-state index contributed by atoms with van der Waals surface area (Å²) in [5.41, 5.74) is 16.9. The van der Waals surface area contributed by atoms with E-state index in [0.29, 0.717) is 11.4 Å². The Kier molecular flexibility index (Phi) is 15.0. The number of hydrogen-bond donors (Lipinski definition) is 9. The van der Waals surface area contributed by atoms with Gasteiger partial charge in [-0.15, -0.1) is 0 Å². The van der Waals surface area contributed by atoms with Crippen LogP contribution in [0.4, 0.5) is 0 Å². The fourth-order valence-corrected chi connectivity index (χ4v) is 3.80. The summed E-state index contributed by atoms with van der Waals surface area (Å²) in [6, 6.07) is -4.71. The lowest BCUT2D eigenvalue weighted by molar-refractivity contribution is -0.142. The zero-order chi connectivity index (χ0) is 29.4. The van der Waals surface area contributed by atoms with Crippen molar-refractivity contribution < 1.29 is 34.2 Å². The number of aromatic amines is 1. The number of guanidine groups is 1. The smallest absolute Gasteiger partial charge is 0.326 e. The number of carbonyl (C=O) groups is 5. The molecule has 0 bridgehead atoms. The van der Waals surface area contributed by atoms with Gasteiger partial charge in [-0.25, -0.2) is 9.78 Å². The number of rotatable bonds is 19. The van der Waals surface area contributed by atoms with E-state index in [2.05, 4.69) is 30.9 Å². The molecule has 0 aromatic carbocycles. The second-order valence-corrected chi connectivity index (χ2v) is 9.56. The number of H-pyrrole nitrogens is 1. The third-order valence-corrected chi connectivity index (χ3v) is 6.07. The predicted octanol–water partition coefficient (Wildman–Crippen LogP) is -2.51. The van der Waals surface area contributed by atoms with Crippen LogP contribution in [0, 0.1) is 0 Å². The highest BCUT2D eigenvalue weighted by Gasteiger charge is 2.30. The fraction of sp³-hybridized carbons (Fsp3) is 0.591. The first-order valence-corrected chi connectivity index (χ1v) is 13.5. The molecule has 1 aromatic heterocycles. The Bertz CT molecular complexity index is 987. The second kappa shape index (κ2) is 17.6. The Hall–Kier alpha value is -3.86. The van der Waals surface area contributed by atoms with E-state index in [0.717, 1.165) is 0 Å². The molecule has 39 heavy (non-hydrogen) atoms. The molecule has 1 aromatic rings. The van der Waals surface area contributed by atoms with Crippen molar-refractivity contribution in [1.29, 1.82) is 0 Å². The molecule has 0 saturated carbocycles. The van der Waals surface area contributed by atoms with Crippen molar-refractivity contribution in [3.63, 3.8) is 0 Å². The molecule has 0 spiro atoms. The summed E-state index contributed by atoms with van der Waals surface area (Å²) in [4.78, 5) is 71.7. The fourth-order valence-electron chi connectivity index (χ4n) is 3.33. The zero-order valence-electron chi connectivity index (χ0n) is 21.6.